The summed E-state index contributed by atoms with van der Waals surface area (Å²) in [5, 5.41) is 0. The van der Waals surface area contributed by atoms with Gasteiger partial charge < -0.3 is 15.4 Å². The average molecular weight is 426 g/mol. The number of nitrogens with zero attached hydrogens (tertiary/aromatic N) is 1. The molecule has 2 N–H and O–H groups in total. The van der Waals surface area contributed by atoms with E-state index >= 15 is 0 Å². The number of hydrogen-bond acceptors (Lipinski definition) is 3. The number of morpholine rings is 1. The van der Waals surface area contributed by atoms with Crippen LogP contribution in [0.25, 0.3) is 0 Å². The summed E-state index contributed by atoms with van der Waals surface area (Å²) in [6.45, 7) is 1.73. The first-order valence-electron chi connectivity index (χ1n) is 8.09. The highest BCUT2D eigenvalue weighted by molar-refractivity contribution is 9.10. The van der Waals surface area contributed by atoms with Crippen molar-refractivity contribution in [1.29, 1.82) is 0 Å². The molecule has 134 valence electrons. The van der Waals surface area contributed by atoms with E-state index in [1.165, 1.54) is 0 Å². The Bertz CT molecular complexity index is 699. The minimum Gasteiger partial charge on any atom is -0.370 e. The van der Waals surface area contributed by atoms with E-state index in [9.17, 15) is 4.79 Å². The first-order valence-corrected chi connectivity index (χ1v) is 8.88. The number of halogens is 2. The van der Waals surface area contributed by atoms with Crippen molar-refractivity contribution in [3.8, 4) is 0 Å². The SMILES string of the molecule is Cl.NC(CC(=O)N1CCOC(c2cccc(Br)c2)C1)c1ccccc1. The van der Waals surface area contributed by atoms with Gasteiger partial charge in [-0.2, -0.15) is 0 Å². The largest absolute Gasteiger partial charge is 0.370 e. The minimum atomic E-state index is -0.272. The zero-order valence-electron chi connectivity index (χ0n) is 13.8. The predicted octanol–water partition coefficient (Wildman–Crippen LogP) is 3.86. The fraction of sp³-hybridized carbons (Fsp3) is 0.316. The van der Waals surface area contributed by atoms with Crippen LogP contribution < -0.4 is 5.73 Å². The van der Waals surface area contributed by atoms with Gasteiger partial charge in [-0.1, -0.05) is 58.4 Å². The molecule has 3 rings (SSSR count). The van der Waals surface area contributed by atoms with Crippen LogP contribution in [-0.4, -0.2) is 30.5 Å². The molecule has 2 aromatic carbocycles. The van der Waals surface area contributed by atoms with Gasteiger partial charge in [0.05, 0.1) is 13.2 Å². The average Bonchev–Trinajstić information content (AvgIpc) is 2.62. The van der Waals surface area contributed by atoms with Crippen LogP contribution in [0, 0.1) is 0 Å². The van der Waals surface area contributed by atoms with Crippen molar-refractivity contribution in [2.24, 2.45) is 5.73 Å². The number of ether oxygens (including phenoxy) is 1. The molecule has 2 aromatic rings. The second kappa shape index (κ2) is 9.34. The number of nitrogens with two attached hydrogens (primary N) is 1. The van der Waals surface area contributed by atoms with Gasteiger partial charge in [-0.3, -0.25) is 4.79 Å². The van der Waals surface area contributed by atoms with Gasteiger partial charge in [0.2, 0.25) is 5.91 Å². The van der Waals surface area contributed by atoms with Crippen molar-refractivity contribution in [2.45, 2.75) is 18.6 Å². The van der Waals surface area contributed by atoms with Crippen LogP contribution >= 0.6 is 28.3 Å². The molecule has 1 heterocycles. The maximum atomic E-state index is 12.6. The molecule has 1 aliphatic heterocycles. The third kappa shape index (κ3) is 5.28. The Morgan fingerprint density at radius 3 is 2.72 bits per heavy atom. The third-order valence-corrected chi connectivity index (χ3v) is 4.76. The van der Waals surface area contributed by atoms with E-state index in [0.717, 1.165) is 15.6 Å². The molecule has 2 atom stereocenters. The second-order valence-corrected chi connectivity index (χ2v) is 6.89. The zero-order valence-corrected chi connectivity index (χ0v) is 16.2. The predicted molar refractivity (Wildman–Crippen MR) is 105 cm³/mol. The molecule has 0 aliphatic carbocycles. The van der Waals surface area contributed by atoms with E-state index < -0.39 is 0 Å². The van der Waals surface area contributed by atoms with E-state index in [-0.39, 0.29) is 30.5 Å². The van der Waals surface area contributed by atoms with Crippen molar-refractivity contribution in [2.75, 3.05) is 19.7 Å². The summed E-state index contributed by atoms with van der Waals surface area (Å²) in [7, 11) is 0. The molecule has 1 aliphatic rings. The van der Waals surface area contributed by atoms with Crippen LogP contribution in [0.2, 0.25) is 0 Å². The van der Waals surface area contributed by atoms with Crippen LogP contribution in [0.5, 0.6) is 0 Å². The van der Waals surface area contributed by atoms with E-state index in [1.807, 2.05) is 59.5 Å². The van der Waals surface area contributed by atoms with Gasteiger partial charge >= 0.3 is 0 Å². The summed E-state index contributed by atoms with van der Waals surface area (Å²) in [5.41, 5.74) is 8.25. The normalized spacial score (nSPS) is 18.3. The van der Waals surface area contributed by atoms with Crippen molar-refractivity contribution < 1.29 is 9.53 Å². The Kier molecular flexibility index (Phi) is 7.44. The number of carbonyl (C=O) groups is 1. The van der Waals surface area contributed by atoms with Crippen molar-refractivity contribution in [1.82, 2.24) is 4.90 Å². The van der Waals surface area contributed by atoms with Crippen molar-refractivity contribution in [3.63, 3.8) is 0 Å². The molecule has 0 aromatic heterocycles. The van der Waals surface area contributed by atoms with Gasteiger partial charge in [0, 0.05) is 23.5 Å². The van der Waals surface area contributed by atoms with Crippen molar-refractivity contribution >= 4 is 34.2 Å². The monoisotopic (exact) mass is 424 g/mol. The van der Waals surface area contributed by atoms with Crippen LogP contribution in [0.15, 0.2) is 59.1 Å². The van der Waals surface area contributed by atoms with Gasteiger partial charge in [0.15, 0.2) is 0 Å². The summed E-state index contributed by atoms with van der Waals surface area (Å²) < 4.78 is 6.86. The van der Waals surface area contributed by atoms with Crippen LogP contribution in [-0.2, 0) is 9.53 Å². The number of benzene rings is 2. The number of rotatable bonds is 4. The molecule has 1 amide bonds. The first-order chi connectivity index (χ1) is 11.6. The standard InChI is InChI=1S/C19H21BrN2O2.ClH/c20-16-8-4-7-15(11-16)18-13-22(9-10-24-18)19(23)12-17(21)14-5-2-1-3-6-14;/h1-8,11,17-18H,9-10,12-13,21H2;1H. The lowest BCUT2D eigenvalue weighted by Crippen LogP contribution is -2.43. The van der Waals surface area contributed by atoms with E-state index in [2.05, 4.69) is 15.9 Å². The van der Waals surface area contributed by atoms with Crippen molar-refractivity contribution in [3.05, 3.63) is 70.2 Å². The molecule has 1 fully saturated rings. The maximum absolute atomic E-state index is 12.6. The van der Waals surface area contributed by atoms with E-state index in [0.29, 0.717) is 26.1 Å². The van der Waals surface area contributed by atoms with Gasteiger partial charge in [-0.25, -0.2) is 0 Å². The Labute approximate surface area is 162 Å². The molecule has 0 spiro atoms. The summed E-state index contributed by atoms with van der Waals surface area (Å²) in [6.07, 6.45) is 0.225. The molecule has 2 unspecified atom stereocenters. The maximum Gasteiger partial charge on any atom is 0.224 e. The molecule has 6 heteroatoms. The summed E-state index contributed by atoms with van der Waals surface area (Å²) >= 11 is 3.48. The smallest absolute Gasteiger partial charge is 0.224 e. The fourth-order valence-electron chi connectivity index (χ4n) is 2.92. The highest BCUT2D eigenvalue weighted by Crippen LogP contribution is 2.25. The summed E-state index contributed by atoms with van der Waals surface area (Å²) in [4.78, 5) is 14.5. The minimum absolute atomic E-state index is 0. The third-order valence-electron chi connectivity index (χ3n) is 4.26. The highest BCUT2D eigenvalue weighted by Gasteiger charge is 2.26. The molecule has 0 radical (unpaired) electrons. The lowest BCUT2D eigenvalue weighted by atomic mass is 10.0. The molecular weight excluding hydrogens is 404 g/mol. The molecule has 1 saturated heterocycles. The topological polar surface area (TPSA) is 55.6 Å². The number of hydrogen-bond donors (Lipinski definition) is 1. The van der Waals surface area contributed by atoms with Gasteiger partial charge in [0.25, 0.3) is 0 Å². The Hall–Kier alpha value is -1.40. The highest BCUT2D eigenvalue weighted by atomic mass is 79.9. The van der Waals surface area contributed by atoms with Gasteiger partial charge in [-0.15, -0.1) is 12.4 Å². The lowest BCUT2D eigenvalue weighted by molar-refractivity contribution is -0.139. The summed E-state index contributed by atoms with van der Waals surface area (Å²) in [5.74, 6) is 0.0784. The van der Waals surface area contributed by atoms with E-state index in [4.69, 9.17) is 10.5 Å². The molecule has 0 bridgehead atoms. The number of amides is 1. The zero-order chi connectivity index (χ0) is 16.9. The van der Waals surface area contributed by atoms with Crippen LogP contribution in [0.3, 0.4) is 0 Å². The van der Waals surface area contributed by atoms with Crippen LogP contribution in [0.1, 0.15) is 29.7 Å². The fourth-order valence-corrected chi connectivity index (χ4v) is 3.34. The Balaban J connectivity index is 0.00000225. The number of carbonyl (C=O) groups excluding carboxylic acids is 1. The Morgan fingerprint density at radius 2 is 2.00 bits per heavy atom. The molecule has 25 heavy (non-hydrogen) atoms. The Morgan fingerprint density at radius 1 is 1.24 bits per heavy atom. The first kappa shape index (κ1) is 19.9. The van der Waals surface area contributed by atoms with E-state index in [1.54, 1.807) is 0 Å². The lowest BCUT2D eigenvalue weighted by Gasteiger charge is -2.34. The van der Waals surface area contributed by atoms with Crippen LogP contribution in [0.4, 0.5) is 0 Å². The van der Waals surface area contributed by atoms with Gasteiger partial charge in [0.1, 0.15) is 6.10 Å². The summed E-state index contributed by atoms with van der Waals surface area (Å²) in [6, 6.07) is 17.5. The second-order valence-electron chi connectivity index (χ2n) is 5.98. The quantitative estimate of drug-likeness (QED) is 0.809. The molecule has 0 saturated carbocycles. The van der Waals surface area contributed by atoms with Gasteiger partial charge in [-0.05, 0) is 23.3 Å². The molecular formula is C19H22BrClN2O2. The molecule has 4 nitrogen and oxygen atoms in total.